The number of carbonyl (C=O) groups excluding carboxylic acids is 1. The quantitative estimate of drug-likeness (QED) is 0.437. The van der Waals surface area contributed by atoms with Crippen LogP contribution in [0.3, 0.4) is 0 Å². The Labute approximate surface area is 143 Å². The minimum atomic E-state index is -1.25. The molecule has 1 saturated heterocycles. The molecule has 2 N–H and O–H groups in total. The van der Waals surface area contributed by atoms with Crippen molar-refractivity contribution in [3.8, 4) is 12.3 Å². The van der Waals surface area contributed by atoms with Gasteiger partial charge >= 0.3 is 11.7 Å². The number of aromatic amines is 1. The number of hydrogen-bond acceptors (Lipinski definition) is 6. The Morgan fingerprint density at radius 1 is 1.56 bits per heavy atom. The van der Waals surface area contributed by atoms with Gasteiger partial charge in [0.25, 0.3) is 5.56 Å². The zero-order chi connectivity index (χ0) is 18.0. The van der Waals surface area contributed by atoms with Crippen molar-refractivity contribution in [3.05, 3.63) is 44.8 Å². The Bertz CT molecular complexity index is 856. The third kappa shape index (κ3) is 3.43. The van der Waals surface area contributed by atoms with Gasteiger partial charge in [0.2, 0.25) is 0 Å². The highest BCUT2D eigenvalue weighted by Crippen LogP contribution is 2.29. The fourth-order valence-electron chi connectivity index (χ4n) is 2.83. The van der Waals surface area contributed by atoms with E-state index < -0.39 is 23.1 Å². The normalized spacial score (nSPS) is 28.0. The Morgan fingerprint density at radius 3 is 3.04 bits per heavy atom. The van der Waals surface area contributed by atoms with Crippen LogP contribution in [-0.2, 0) is 14.3 Å². The molecular formula is C17H19N3O5. The largest absolute Gasteiger partial charge is 0.460 e. The first-order chi connectivity index (χ1) is 11.9. The van der Waals surface area contributed by atoms with Gasteiger partial charge in [-0.05, 0) is 38.5 Å². The van der Waals surface area contributed by atoms with Crippen molar-refractivity contribution in [2.24, 2.45) is 0 Å². The van der Waals surface area contributed by atoms with Crippen LogP contribution in [0.15, 0.2) is 27.9 Å². The third-order valence-electron chi connectivity index (χ3n) is 4.30. The van der Waals surface area contributed by atoms with Crippen molar-refractivity contribution in [3.63, 3.8) is 0 Å². The average molecular weight is 345 g/mol. The summed E-state index contributed by atoms with van der Waals surface area (Å²) in [5, 5.41) is 3.05. The highest BCUT2D eigenvalue weighted by molar-refractivity contribution is 5.76. The topological polar surface area (TPSA) is 102 Å². The summed E-state index contributed by atoms with van der Waals surface area (Å²) in [6.07, 6.45) is 11.0. The van der Waals surface area contributed by atoms with Gasteiger partial charge < -0.3 is 14.8 Å². The molecule has 8 heteroatoms. The van der Waals surface area contributed by atoms with E-state index in [-0.39, 0.29) is 18.6 Å². The maximum absolute atomic E-state index is 12.0. The average Bonchev–Trinajstić information content (AvgIpc) is 3.26. The van der Waals surface area contributed by atoms with E-state index in [0.717, 1.165) is 19.4 Å². The summed E-state index contributed by atoms with van der Waals surface area (Å²) in [7, 11) is 0. The molecule has 1 aromatic heterocycles. The molecule has 0 aromatic carbocycles. The van der Waals surface area contributed by atoms with Crippen LogP contribution in [0.1, 0.15) is 24.6 Å². The lowest BCUT2D eigenvalue weighted by Crippen LogP contribution is -2.40. The van der Waals surface area contributed by atoms with E-state index in [1.54, 1.807) is 19.1 Å². The Morgan fingerprint density at radius 2 is 2.36 bits per heavy atom. The first kappa shape index (κ1) is 17.2. The molecule has 132 valence electrons. The van der Waals surface area contributed by atoms with Gasteiger partial charge in [0.1, 0.15) is 12.6 Å². The second-order valence-electron chi connectivity index (χ2n) is 6.14. The maximum atomic E-state index is 12.0. The van der Waals surface area contributed by atoms with Crippen molar-refractivity contribution in [1.82, 2.24) is 14.9 Å². The van der Waals surface area contributed by atoms with Gasteiger partial charge in [-0.2, -0.15) is 0 Å². The number of aryl methyl sites for hydroxylation is 1. The summed E-state index contributed by atoms with van der Waals surface area (Å²) < 4.78 is 12.3. The second kappa shape index (κ2) is 6.70. The number of hydrogen-bond donors (Lipinski definition) is 2. The molecule has 0 radical (unpaired) electrons. The number of rotatable bonds is 4. The van der Waals surface area contributed by atoms with Crippen LogP contribution < -0.4 is 16.6 Å². The molecule has 3 rings (SSSR count). The molecule has 0 amide bonds. The van der Waals surface area contributed by atoms with Crippen molar-refractivity contribution < 1.29 is 14.3 Å². The standard InChI is InChI=1S/C17H19N3O5/c1-3-17(10-24-15(22)12-5-4-8-18-12)7-6-13(25-17)20-9-11(2)14(21)19-16(20)23/h1,6-7,9,12-13,18H,4-5,8,10H2,2H3,(H,19,21,23)/t12-,13+,17-/m0/s1. The fraction of sp³-hybridized carbons (Fsp3) is 0.471. The monoisotopic (exact) mass is 345 g/mol. The highest BCUT2D eigenvalue weighted by atomic mass is 16.6. The Kier molecular flexibility index (Phi) is 4.61. The van der Waals surface area contributed by atoms with Crippen LogP contribution in [0.25, 0.3) is 0 Å². The van der Waals surface area contributed by atoms with E-state index in [0.29, 0.717) is 5.56 Å². The van der Waals surface area contributed by atoms with E-state index >= 15 is 0 Å². The van der Waals surface area contributed by atoms with Crippen molar-refractivity contribution in [1.29, 1.82) is 0 Å². The van der Waals surface area contributed by atoms with Gasteiger partial charge in [0.15, 0.2) is 11.8 Å². The molecule has 0 saturated carbocycles. The molecule has 0 bridgehead atoms. The van der Waals surface area contributed by atoms with E-state index in [4.69, 9.17) is 15.9 Å². The molecule has 8 nitrogen and oxygen atoms in total. The number of terminal acetylenes is 1. The zero-order valence-corrected chi connectivity index (χ0v) is 13.8. The van der Waals surface area contributed by atoms with E-state index in [1.807, 2.05) is 0 Å². The van der Waals surface area contributed by atoms with Gasteiger partial charge in [-0.25, -0.2) is 4.79 Å². The molecule has 0 spiro atoms. The number of ether oxygens (including phenoxy) is 2. The molecule has 25 heavy (non-hydrogen) atoms. The number of nitrogens with one attached hydrogen (secondary N) is 2. The minimum Gasteiger partial charge on any atom is -0.460 e. The van der Waals surface area contributed by atoms with Crippen LogP contribution in [0.4, 0.5) is 0 Å². The van der Waals surface area contributed by atoms with E-state index in [9.17, 15) is 14.4 Å². The fourth-order valence-corrected chi connectivity index (χ4v) is 2.83. The van der Waals surface area contributed by atoms with Gasteiger partial charge in [-0.1, -0.05) is 5.92 Å². The number of aromatic nitrogens is 2. The van der Waals surface area contributed by atoms with Gasteiger partial charge in [-0.3, -0.25) is 19.1 Å². The lowest BCUT2D eigenvalue weighted by Gasteiger charge is -2.24. The van der Waals surface area contributed by atoms with Gasteiger partial charge in [0, 0.05) is 11.8 Å². The number of esters is 1. The summed E-state index contributed by atoms with van der Waals surface area (Å²) in [6, 6.07) is -0.319. The predicted molar refractivity (Wildman–Crippen MR) is 88.9 cm³/mol. The Balaban J connectivity index is 1.71. The van der Waals surface area contributed by atoms with E-state index in [2.05, 4.69) is 16.2 Å². The number of carbonyl (C=O) groups is 1. The molecule has 3 heterocycles. The predicted octanol–water partition coefficient (Wildman–Crippen LogP) is -0.403. The molecule has 0 aliphatic carbocycles. The Hall–Kier alpha value is -2.63. The smallest absolute Gasteiger partial charge is 0.330 e. The summed E-state index contributed by atoms with van der Waals surface area (Å²) in [5.74, 6) is 2.10. The molecule has 2 aliphatic heterocycles. The van der Waals surface area contributed by atoms with Crippen LogP contribution in [-0.4, -0.2) is 40.3 Å². The molecule has 3 atom stereocenters. The minimum absolute atomic E-state index is 0.148. The van der Waals surface area contributed by atoms with Crippen molar-refractivity contribution >= 4 is 5.97 Å². The van der Waals surface area contributed by atoms with Crippen LogP contribution in [0.5, 0.6) is 0 Å². The summed E-state index contributed by atoms with van der Waals surface area (Å²) in [6.45, 7) is 2.22. The van der Waals surface area contributed by atoms with Gasteiger partial charge in [0.05, 0.1) is 0 Å². The number of H-pyrrole nitrogens is 1. The van der Waals surface area contributed by atoms with E-state index in [1.165, 1.54) is 10.8 Å². The van der Waals surface area contributed by atoms with Crippen molar-refractivity contribution in [2.45, 2.75) is 37.6 Å². The molecule has 1 aromatic rings. The molecule has 1 fully saturated rings. The number of nitrogens with zero attached hydrogens (tertiary/aromatic N) is 1. The lowest BCUT2D eigenvalue weighted by atomic mass is 10.1. The van der Waals surface area contributed by atoms with Crippen LogP contribution >= 0.6 is 0 Å². The SMILES string of the molecule is C#C[C@@]1(COC(=O)[C@@H]2CCCN2)C=C[C@H](n2cc(C)c(=O)[nH]c2=O)O1. The first-order valence-corrected chi connectivity index (χ1v) is 8.01. The lowest BCUT2D eigenvalue weighted by molar-refractivity contribution is -0.153. The third-order valence-corrected chi connectivity index (χ3v) is 4.30. The summed E-state index contributed by atoms with van der Waals surface area (Å²) in [4.78, 5) is 37.7. The second-order valence-corrected chi connectivity index (χ2v) is 6.14. The van der Waals surface area contributed by atoms with Crippen LogP contribution in [0, 0.1) is 19.3 Å². The highest BCUT2D eigenvalue weighted by Gasteiger charge is 2.37. The summed E-state index contributed by atoms with van der Waals surface area (Å²) in [5.41, 5.74) is -1.94. The summed E-state index contributed by atoms with van der Waals surface area (Å²) >= 11 is 0. The first-order valence-electron chi connectivity index (χ1n) is 8.01. The van der Waals surface area contributed by atoms with Gasteiger partial charge in [-0.15, -0.1) is 6.42 Å². The molecule has 2 aliphatic rings. The zero-order valence-electron chi connectivity index (χ0n) is 13.8. The maximum Gasteiger partial charge on any atom is 0.330 e. The van der Waals surface area contributed by atoms with Crippen molar-refractivity contribution in [2.75, 3.05) is 13.2 Å². The van der Waals surface area contributed by atoms with Crippen LogP contribution in [0.2, 0.25) is 0 Å². The molecular weight excluding hydrogens is 326 g/mol. The molecule has 0 unspecified atom stereocenters.